The van der Waals surface area contributed by atoms with Crippen molar-refractivity contribution in [2.45, 2.75) is 34.5 Å². The lowest BCUT2D eigenvalue weighted by Gasteiger charge is -2.36. The quantitative estimate of drug-likeness (QED) is 0.464. The molecule has 1 fully saturated rings. The van der Waals surface area contributed by atoms with Crippen LogP contribution in [0.15, 0.2) is 38.5 Å². The van der Waals surface area contributed by atoms with Gasteiger partial charge in [0, 0.05) is 17.8 Å². The molecule has 0 aromatic heterocycles. The maximum absolute atomic E-state index is 13.2. The van der Waals surface area contributed by atoms with Crippen molar-refractivity contribution >= 4 is 58.8 Å². The van der Waals surface area contributed by atoms with E-state index in [0.29, 0.717) is 22.9 Å². The van der Waals surface area contributed by atoms with Crippen molar-refractivity contribution in [3.8, 4) is 11.8 Å². The van der Waals surface area contributed by atoms with Crippen LogP contribution in [-0.4, -0.2) is 35.2 Å². The highest BCUT2D eigenvalue weighted by atomic mass is 79.9. The first-order valence-corrected chi connectivity index (χ1v) is 13.6. The van der Waals surface area contributed by atoms with Crippen molar-refractivity contribution in [3.05, 3.63) is 39.3 Å². The third-order valence-corrected chi connectivity index (χ3v) is 8.51. The zero-order chi connectivity index (χ0) is 23.2. The van der Waals surface area contributed by atoms with E-state index in [1.807, 2.05) is 0 Å². The molecule has 2 aromatic rings. The molecular formula is C19H19BrClN3O5S2. The minimum atomic E-state index is -4.31. The first-order valence-electron chi connectivity index (χ1n) is 9.03. The van der Waals surface area contributed by atoms with Gasteiger partial charge in [-0.2, -0.15) is 5.26 Å². The van der Waals surface area contributed by atoms with Gasteiger partial charge in [0.25, 0.3) is 10.0 Å². The Morgan fingerprint density at radius 1 is 1.16 bits per heavy atom. The lowest BCUT2D eigenvalue weighted by molar-refractivity contribution is 0.323. The minimum Gasteiger partial charge on any atom is -0.504 e. The van der Waals surface area contributed by atoms with Crippen LogP contribution >= 0.6 is 27.5 Å². The molecule has 1 aliphatic carbocycles. The highest BCUT2D eigenvalue weighted by Gasteiger charge is 2.40. The summed E-state index contributed by atoms with van der Waals surface area (Å²) in [4.78, 5) is -0.663. The van der Waals surface area contributed by atoms with Gasteiger partial charge in [-0.1, -0.05) is 27.5 Å². The van der Waals surface area contributed by atoms with E-state index in [1.165, 1.54) is 31.3 Å². The number of sulfone groups is 1. The van der Waals surface area contributed by atoms with Crippen LogP contribution in [0.1, 0.15) is 24.8 Å². The highest BCUT2D eigenvalue weighted by Crippen LogP contribution is 2.47. The van der Waals surface area contributed by atoms with Gasteiger partial charge in [-0.05, 0) is 49.1 Å². The van der Waals surface area contributed by atoms with Crippen molar-refractivity contribution in [1.29, 1.82) is 5.26 Å². The molecule has 166 valence electrons. The molecule has 0 atom stereocenters. The summed E-state index contributed by atoms with van der Waals surface area (Å²) in [6, 6.07) is 7.57. The van der Waals surface area contributed by atoms with Gasteiger partial charge in [-0.25, -0.2) is 16.8 Å². The Bertz CT molecular complexity index is 1320. The van der Waals surface area contributed by atoms with Crippen LogP contribution in [-0.2, 0) is 25.3 Å². The van der Waals surface area contributed by atoms with Crippen LogP contribution < -0.4 is 10.0 Å². The number of phenolic OH excluding ortho intramolecular Hbond substituents is 1. The molecule has 31 heavy (non-hydrogen) atoms. The van der Waals surface area contributed by atoms with Crippen LogP contribution in [0.5, 0.6) is 5.75 Å². The molecule has 3 N–H and O–H groups in total. The van der Waals surface area contributed by atoms with Gasteiger partial charge in [0.2, 0.25) is 0 Å². The number of rotatable bonds is 6. The second kappa shape index (κ2) is 8.16. The number of anilines is 2. The summed E-state index contributed by atoms with van der Waals surface area (Å²) >= 11 is 9.34. The van der Waals surface area contributed by atoms with Crippen LogP contribution in [0.2, 0.25) is 5.02 Å². The predicted octanol–water partition coefficient (Wildman–Crippen LogP) is 4.00. The average Bonchev–Trinajstić information content (AvgIpc) is 2.62. The highest BCUT2D eigenvalue weighted by molar-refractivity contribution is 9.10. The fourth-order valence-corrected chi connectivity index (χ4v) is 6.68. The second-order valence-electron chi connectivity index (χ2n) is 7.31. The molecule has 0 saturated heterocycles. The number of aromatic hydroxyl groups is 1. The van der Waals surface area contributed by atoms with Crippen LogP contribution in [0, 0.1) is 11.3 Å². The minimum absolute atomic E-state index is 0.129. The monoisotopic (exact) mass is 547 g/mol. The Balaban J connectivity index is 2.21. The van der Waals surface area contributed by atoms with Crippen molar-refractivity contribution in [2.24, 2.45) is 0 Å². The van der Waals surface area contributed by atoms with Gasteiger partial charge in [0.05, 0.1) is 27.9 Å². The Kier molecular flexibility index (Phi) is 6.23. The van der Waals surface area contributed by atoms with E-state index in [4.69, 9.17) is 11.6 Å². The van der Waals surface area contributed by atoms with Gasteiger partial charge in [0.15, 0.2) is 15.6 Å². The fourth-order valence-electron chi connectivity index (χ4n) is 3.44. The molecule has 8 nitrogen and oxygen atoms in total. The molecule has 0 bridgehead atoms. The number of phenols is 1. The Morgan fingerprint density at radius 3 is 2.29 bits per heavy atom. The Morgan fingerprint density at radius 2 is 1.81 bits per heavy atom. The molecule has 0 heterocycles. The standard InChI is InChI=1S/C19H19BrClN3O5S2/c1-23-17-13(21)8-12(20)9-15(17)31(28,29)24-14-6-11(19(10-22)4-3-5-19)7-16(18(14)25)30(2,26)27/h6-9,23-25H,3-5H2,1-2H3. The van der Waals surface area contributed by atoms with E-state index in [9.17, 15) is 27.2 Å². The van der Waals surface area contributed by atoms with E-state index in [2.05, 4.69) is 32.0 Å². The number of hydrogen-bond acceptors (Lipinski definition) is 7. The SMILES string of the molecule is CNc1c(Cl)cc(Br)cc1S(=O)(=O)Nc1cc(C2(C#N)CCC2)cc(S(C)(=O)=O)c1O. The van der Waals surface area contributed by atoms with E-state index < -0.39 is 35.9 Å². The number of sulfonamides is 1. The van der Waals surface area contributed by atoms with E-state index in [-0.39, 0.29) is 21.3 Å². The summed E-state index contributed by atoms with van der Waals surface area (Å²) in [5.41, 5.74) is -0.803. The molecule has 12 heteroatoms. The molecule has 0 spiro atoms. The summed E-state index contributed by atoms with van der Waals surface area (Å²) < 4.78 is 53.5. The summed E-state index contributed by atoms with van der Waals surface area (Å²) in [6.45, 7) is 0. The van der Waals surface area contributed by atoms with Gasteiger partial charge >= 0.3 is 0 Å². The number of benzene rings is 2. The van der Waals surface area contributed by atoms with E-state index >= 15 is 0 Å². The van der Waals surface area contributed by atoms with Crippen molar-refractivity contribution in [3.63, 3.8) is 0 Å². The van der Waals surface area contributed by atoms with Crippen LogP contribution in [0.25, 0.3) is 0 Å². The van der Waals surface area contributed by atoms with Crippen LogP contribution in [0.3, 0.4) is 0 Å². The molecule has 2 aromatic carbocycles. The van der Waals surface area contributed by atoms with Crippen molar-refractivity contribution in [1.82, 2.24) is 0 Å². The zero-order valence-electron chi connectivity index (χ0n) is 16.5. The molecule has 0 unspecified atom stereocenters. The predicted molar refractivity (Wildman–Crippen MR) is 122 cm³/mol. The Hall–Kier alpha value is -2.00. The van der Waals surface area contributed by atoms with Gasteiger partial charge < -0.3 is 10.4 Å². The molecule has 1 aliphatic rings. The lowest BCUT2D eigenvalue weighted by atomic mass is 9.65. The third-order valence-electron chi connectivity index (χ3n) is 5.25. The largest absolute Gasteiger partial charge is 0.504 e. The van der Waals surface area contributed by atoms with Crippen LogP contribution in [0.4, 0.5) is 11.4 Å². The smallest absolute Gasteiger partial charge is 0.264 e. The molecule has 0 radical (unpaired) electrons. The van der Waals surface area contributed by atoms with Gasteiger partial charge in [0.1, 0.15) is 9.79 Å². The van der Waals surface area contributed by atoms with Gasteiger partial charge in [-0.15, -0.1) is 0 Å². The number of nitrogens with zero attached hydrogens (tertiary/aromatic N) is 1. The topological polar surface area (TPSA) is 136 Å². The molecule has 0 amide bonds. The summed E-state index contributed by atoms with van der Waals surface area (Å²) in [7, 11) is -6.72. The first kappa shape index (κ1) is 23.7. The molecule has 1 saturated carbocycles. The maximum atomic E-state index is 13.2. The van der Waals surface area contributed by atoms with Gasteiger partial charge in [-0.3, -0.25) is 4.72 Å². The van der Waals surface area contributed by atoms with Crippen molar-refractivity contribution in [2.75, 3.05) is 23.3 Å². The normalized spacial score (nSPS) is 15.6. The number of halogens is 2. The van der Waals surface area contributed by atoms with E-state index in [1.54, 1.807) is 0 Å². The lowest BCUT2D eigenvalue weighted by Crippen LogP contribution is -2.32. The fraction of sp³-hybridized carbons (Fsp3) is 0.316. The summed E-state index contributed by atoms with van der Waals surface area (Å²) in [5.74, 6) is -0.741. The zero-order valence-corrected chi connectivity index (χ0v) is 20.5. The van der Waals surface area contributed by atoms with Crippen molar-refractivity contribution < 1.29 is 21.9 Å². The molecular weight excluding hydrogens is 530 g/mol. The third kappa shape index (κ3) is 4.35. The molecule has 0 aliphatic heterocycles. The average molecular weight is 549 g/mol. The maximum Gasteiger partial charge on any atom is 0.264 e. The van der Waals surface area contributed by atoms with E-state index in [0.717, 1.165) is 12.7 Å². The second-order valence-corrected chi connectivity index (χ2v) is 12.3. The summed E-state index contributed by atoms with van der Waals surface area (Å²) in [6.07, 6.45) is 2.70. The number of nitriles is 1. The summed E-state index contributed by atoms with van der Waals surface area (Å²) in [5, 5.41) is 23.1. The molecule has 3 rings (SSSR count). The first-order chi connectivity index (χ1) is 14.3. The number of hydrogen-bond donors (Lipinski definition) is 3. The Labute approximate surface area is 194 Å². The number of nitrogens with one attached hydrogen (secondary N) is 2.